The highest BCUT2D eigenvalue weighted by Gasteiger charge is 2.81. The summed E-state index contributed by atoms with van der Waals surface area (Å²) in [4.78, 5) is -2.18. The molecule has 0 aromatic carbocycles. The number of alkyl halides is 4. The molecule has 88 valence electrons. The molecule has 0 N–H and O–H groups in total. The van der Waals surface area contributed by atoms with Crippen LogP contribution in [0.1, 0.15) is 6.42 Å². The van der Waals surface area contributed by atoms with Crippen LogP contribution in [0.4, 0.5) is 0 Å². The number of fused-ring (bicyclic) bond motifs is 5. The van der Waals surface area contributed by atoms with E-state index in [0.29, 0.717) is 5.03 Å². The third-order valence-electron chi connectivity index (χ3n) is 3.88. The van der Waals surface area contributed by atoms with Crippen molar-refractivity contribution in [2.75, 3.05) is 0 Å². The van der Waals surface area contributed by atoms with Gasteiger partial charge in [-0.2, -0.15) is 0 Å². The first kappa shape index (κ1) is 12.3. The van der Waals surface area contributed by atoms with Gasteiger partial charge in [0.15, 0.2) is 4.33 Å². The summed E-state index contributed by atoms with van der Waals surface area (Å²) in [5.74, 6) is -0.0478. The van der Waals surface area contributed by atoms with Crippen LogP contribution in [0.5, 0.6) is 0 Å². The van der Waals surface area contributed by atoms with Crippen LogP contribution in [-0.2, 0) is 0 Å². The van der Waals surface area contributed by atoms with E-state index in [1.807, 2.05) is 12.2 Å². The smallest absolute Gasteiger partial charge is 0.109 e. The molecule has 0 amide bonds. The molecule has 0 nitrogen and oxygen atoms in total. The van der Waals surface area contributed by atoms with Crippen LogP contribution in [0.3, 0.4) is 0 Å². The summed E-state index contributed by atoms with van der Waals surface area (Å²) >= 11 is 38.2. The highest BCUT2D eigenvalue weighted by atomic mass is 35.5. The molecular weight excluding hydrogens is 333 g/mol. The van der Waals surface area contributed by atoms with Gasteiger partial charge in [-0.3, -0.25) is 0 Å². The zero-order chi connectivity index (χ0) is 11.9. The second-order valence-corrected chi connectivity index (χ2v) is 7.70. The molecule has 3 rings (SSSR count). The number of hydrogen-bond acceptors (Lipinski definition) is 0. The maximum absolute atomic E-state index is 6.56. The van der Waals surface area contributed by atoms with Gasteiger partial charge in [0.2, 0.25) is 0 Å². The third-order valence-corrected chi connectivity index (χ3v) is 8.20. The molecule has 0 radical (unpaired) electrons. The van der Waals surface area contributed by atoms with E-state index in [0.717, 1.165) is 6.42 Å². The monoisotopic (exact) mass is 336 g/mol. The van der Waals surface area contributed by atoms with Crippen LogP contribution >= 0.6 is 69.6 Å². The van der Waals surface area contributed by atoms with Crippen LogP contribution in [-0.4, -0.2) is 14.1 Å². The molecule has 16 heavy (non-hydrogen) atoms. The Morgan fingerprint density at radius 2 is 1.56 bits per heavy atom. The van der Waals surface area contributed by atoms with Gasteiger partial charge in [0.05, 0.1) is 10.1 Å². The van der Waals surface area contributed by atoms with E-state index < -0.39 is 14.1 Å². The minimum Gasteiger partial charge on any atom is -0.109 e. The lowest BCUT2D eigenvalue weighted by Crippen LogP contribution is -2.44. The van der Waals surface area contributed by atoms with Gasteiger partial charge in [-0.25, -0.2) is 0 Å². The number of hydrogen-bond donors (Lipinski definition) is 0. The van der Waals surface area contributed by atoms with E-state index in [-0.39, 0.29) is 16.9 Å². The molecule has 0 heterocycles. The van der Waals surface area contributed by atoms with Crippen molar-refractivity contribution in [1.29, 1.82) is 0 Å². The van der Waals surface area contributed by atoms with E-state index in [4.69, 9.17) is 69.6 Å². The van der Waals surface area contributed by atoms with Crippen molar-refractivity contribution in [3.8, 4) is 0 Å². The van der Waals surface area contributed by atoms with Crippen molar-refractivity contribution < 1.29 is 0 Å². The second-order valence-electron chi connectivity index (χ2n) is 4.42. The number of rotatable bonds is 0. The second kappa shape index (κ2) is 3.21. The molecular formula is C10H6Cl6. The Hall–Kier alpha value is 1.22. The van der Waals surface area contributed by atoms with Gasteiger partial charge >= 0.3 is 0 Å². The molecule has 2 bridgehead atoms. The molecule has 3 aliphatic carbocycles. The maximum Gasteiger partial charge on any atom is 0.167 e. The average molecular weight is 339 g/mol. The van der Waals surface area contributed by atoms with Crippen molar-refractivity contribution >= 4 is 69.6 Å². The van der Waals surface area contributed by atoms with Crippen LogP contribution in [0.25, 0.3) is 0 Å². The molecule has 1 saturated carbocycles. The fourth-order valence-corrected chi connectivity index (χ4v) is 6.12. The Morgan fingerprint density at radius 3 is 2.19 bits per heavy atom. The predicted molar refractivity (Wildman–Crippen MR) is 71.1 cm³/mol. The summed E-state index contributed by atoms with van der Waals surface area (Å²) in [6, 6.07) is 0. The van der Waals surface area contributed by atoms with E-state index in [9.17, 15) is 0 Å². The highest BCUT2D eigenvalue weighted by molar-refractivity contribution is 6.65. The fourth-order valence-electron chi connectivity index (χ4n) is 3.08. The predicted octanol–water partition coefficient (Wildman–Crippen LogP) is 5.02. The molecule has 4 atom stereocenters. The Bertz CT molecular complexity index is 439. The SMILES string of the molecule is ClC1=C(Cl)[C@@]2(Cl)[C@H]3CC=C[C@@H]3[C@@]1(Cl)C2(Cl)Cl. The minimum atomic E-state index is -1.38. The molecule has 0 saturated heterocycles. The Kier molecular flexibility index (Phi) is 2.46. The van der Waals surface area contributed by atoms with Crippen molar-refractivity contribution in [3.63, 3.8) is 0 Å². The lowest BCUT2D eigenvalue weighted by molar-refractivity contribution is 0.416. The third kappa shape index (κ3) is 0.940. The topological polar surface area (TPSA) is 0 Å². The van der Waals surface area contributed by atoms with E-state index in [2.05, 4.69) is 0 Å². The Labute approximate surface area is 123 Å². The standard InChI is InChI=1S/C10H6Cl6/c11-6-7(12)9(14)5-3-1-2-4(5)8(6,13)10(9,15)16/h1-2,4-5H,3H2/t4-,5-,8-,9-/m0/s1. The van der Waals surface area contributed by atoms with Gasteiger partial charge < -0.3 is 0 Å². The molecule has 6 heteroatoms. The number of allylic oxidation sites excluding steroid dienone is 4. The molecule has 0 aliphatic heterocycles. The molecule has 0 aromatic heterocycles. The first-order valence-corrected chi connectivity index (χ1v) is 7.05. The minimum absolute atomic E-state index is 0.0108. The average Bonchev–Trinajstić information content (AvgIpc) is 2.78. The largest absolute Gasteiger partial charge is 0.167 e. The molecule has 0 aromatic rings. The van der Waals surface area contributed by atoms with Gasteiger partial charge in [-0.1, -0.05) is 58.6 Å². The van der Waals surface area contributed by atoms with E-state index in [1.54, 1.807) is 0 Å². The first-order chi connectivity index (χ1) is 7.29. The first-order valence-electron chi connectivity index (χ1n) is 4.78. The van der Waals surface area contributed by atoms with Gasteiger partial charge in [-0.05, 0) is 12.3 Å². The van der Waals surface area contributed by atoms with Gasteiger partial charge in [0.1, 0.15) is 9.75 Å². The Morgan fingerprint density at radius 1 is 1.00 bits per heavy atom. The van der Waals surface area contributed by atoms with Crippen LogP contribution in [0.15, 0.2) is 22.2 Å². The van der Waals surface area contributed by atoms with Crippen LogP contribution in [0.2, 0.25) is 0 Å². The molecule has 3 aliphatic rings. The summed E-state index contributed by atoms with van der Waals surface area (Å²) in [7, 11) is 0. The van der Waals surface area contributed by atoms with Crippen LogP contribution < -0.4 is 0 Å². The molecule has 1 fully saturated rings. The zero-order valence-corrected chi connectivity index (χ0v) is 12.3. The van der Waals surface area contributed by atoms with Crippen LogP contribution in [0, 0.1) is 11.8 Å². The molecule has 0 unspecified atom stereocenters. The normalized spacial score (nSPS) is 52.6. The zero-order valence-electron chi connectivity index (χ0n) is 7.78. The fraction of sp³-hybridized carbons (Fsp3) is 0.600. The summed E-state index contributed by atoms with van der Waals surface area (Å²) in [5.41, 5.74) is 0. The van der Waals surface area contributed by atoms with E-state index >= 15 is 0 Å². The quantitative estimate of drug-likeness (QED) is 0.429. The van der Waals surface area contributed by atoms with E-state index in [1.165, 1.54) is 0 Å². The van der Waals surface area contributed by atoms with Crippen molar-refractivity contribution in [2.45, 2.75) is 20.5 Å². The van der Waals surface area contributed by atoms with Crippen molar-refractivity contribution in [1.82, 2.24) is 0 Å². The summed E-state index contributed by atoms with van der Waals surface area (Å²) in [6.07, 6.45) is 4.77. The van der Waals surface area contributed by atoms with Crippen molar-refractivity contribution in [2.24, 2.45) is 11.8 Å². The summed E-state index contributed by atoms with van der Waals surface area (Å²) in [5, 5.41) is 0.574. The highest BCUT2D eigenvalue weighted by Crippen LogP contribution is 2.77. The number of halogens is 6. The maximum atomic E-state index is 6.56. The lowest BCUT2D eigenvalue weighted by Gasteiger charge is -2.33. The van der Waals surface area contributed by atoms with Crippen molar-refractivity contribution in [3.05, 3.63) is 22.2 Å². The lowest BCUT2D eigenvalue weighted by atomic mass is 9.84. The summed E-state index contributed by atoms with van der Waals surface area (Å²) < 4.78 is -1.38. The summed E-state index contributed by atoms with van der Waals surface area (Å²) in [6.45, 7) is 0. The van der Waals surface area contributed by atoms with Gasteiger partial charge in [0, 0.05) is 5.92 Å². The Balaban J connectivity index is 2.32. The molecule has 0 spiro atoms. The van der Waals surface area contributed by atoms with Gasteiger partial charge in [0.25, 0.3) is 0 Å². The van der Waals surface area contributed by atoms with Gasteiger partial charge in [-0.15, -0.1) is 23.2 Å².